The van der Waals surface area contributed by atoms with Gasteiger partial charge >= 0.3 is 0 Å². The molecule has 0 spiro atoms. The van der Waals surface area contributed by atoms with Crippen molar-refractivity contribution < 1.29 is 42.1 Å². The number of hydrogen-bond acceptors (Lipinski definition) is 0. The van der Waals surface area contributed by atoms with Gasteiger partial charge in [0.2, 0.25) is 0 Å². The maximum atomic E-state index is 7.44. The van der Waals surface area contributed by atoms with Gasteiger partial charge in [-0.25, -0.2) is 6.21 Å². The van der Waals surface area contributed by atoms with Crippen molar-refractivity contribution in [3.05, 3.63) is 10.7 Å². The standard InChI is InChI=1S/C3H8N.C2H4N.2W/c1-3-4-2;1-2-3;;/h3H2,1-2H3;2H,1H3;;/q2*-1;;. The molecule has 0 aromatic carbocycles. The third kappa shape index (κ3) is 110. The molecule has 0 fully saturated rings. The van der Waals surface area contributed by atoms with Crippen LogP contribution in [0.25, 0.3) is 10.7 Å². The van der Waals surface area contributed by atoms with E-state index in [9.17, 15) is 0 Å². The number of nitrogens with zero attached hydrogens (tertiary/aromatic N) is 2. The van der Waals surface area contributed by atoms with Crippen LogP contribution in [0.3, 0.4) is 0 Å². The van der Waals surface area contributed by atoms with Crippen LogP contribution in [0.5, 0.6) is 0 Å². The fourth-order valence-corrected chi connectivity index (χ4v) is 0. The molecule has 0 aromatic heterocycles. The van der Waals surface area contributed by atoms with Gasteiger partial charge in [0.15, 0.2) is 0 Å². The van der Waals surface area contributed by atoms with Gasteiger partial charge in [0.1, 0.15) is 0 Å². The summed E-state index contributed by atoms with van der Waals surface area (Å²) in [5.74, 6) is 0. The molecule has 0 saturated heterocycles. The van der Waals surface area contributed by atoms with Gasteiger partial charge in [0.05, 0.1) is 0 Å². The van der Waals surface area contributed by atoms with E-state index in [-0.39, 0.29) is 42.1 Å². The van der Waals surface area contributed by atoms with Crippen LogP contribution in [0.15, 0.2) is 0 Å². The van der Waals surface area contributed by atoms with E-state index in [4.69, 9.17) is 5.41 Å². The van der Waals surface area contributed by atoms with Gasteiger partial charge in [-0.3, -0.25) is 0 Å². The number of rotatable bonds is 1. The molecule has 0 N–H and O–H groups in total. The van der Waals surface area contributed by atoms with Gasteiger partial charge in [-0.2, -0.15) is 13.6 Å². The van der Waals surface area contributed by atoms with Crippen molar-refractivity contribution >= 4 is 6.21 Å². The van der Waals surface area contributed by atoms with Gasteiger partial charge in [-0.15, -0.1) is 0 Å². The van der Waals surface area contributed by atoms with Gasteiger partial charge in [0, 0.05) is 42.1 Å². The molecule has 0 amide bonds. The average molecular weight is 468 g/mol. The van der Waals surface area contributed by atoms with Crippen LogP contribution in [-0.2, 0) is 42.1 Å². The molecule has 0 atom stereocenters. The largest absolute Gasteiger partial charge is 0.814 e. The van der Waals surface area contributed by atoms with Gasteiger partial charge in [-0.05, 0) is 0 Å². The van der Waals surface area contributed by atoms with Crippen LogP contribution < -0.4 is 0 Å². The molecule has 0 aliphatic rings. The van der Waals surface area contributed by atoms with Crippen molar-refractivity contribution in [2.24, 2.45) is 0 Å². The molecule has 56 valence electrons. The minimum absolute atomic E-state index is 0. The fraction of sp³-hybridized carbons (Fsp3) is 0.800. The molecule has 0 saturated carbocycles. The zero-order valence-electron chi connectivity index (χ0n) is 6.00. The maximum absolute atomic E-state index is 7.44. The Kier molecular flexibility index (Phi) is 89.9. The summed E-state index contributed by atoms with van der Waals surface area (Å²) in [6.45, 7) is 4.51. The Morgan fingerprint density at radius 3 is 1.56 bits per heavy atom. The number of hydrogen-bond donors (Lipinski definition) is 0. The third-order valence-electron chi connectivity index (χ3n) is 0.316. The van der Waals surface area contributed by atoms with Crippen molar-refractivity contribution in [3.8, 4) is 0 Å². The van der Waals surface area contributed by atoms with Crippen molar-refractivity contribution in [2.75, 3.05) is 13.6 Å². The summed E-state index contributed by atoms with van der Waals surface area (Å²) >= 11 is 0. The van der Waals surface area contributed by atoms with E-state index in [1.165, 1.54) is 0 Å². The van der Waals surface area contributed by atoms with Crippen molar-refractivity contribution in [1.82, 2.24) is 0 Å². The van der Waals surface area contributed by atoms with Crippen LogP contribution in [0.1, 0.15) is 13.8 Å². The minimum atomic E-state index is 0. The van der Waals surface area contributed by atoms with Crippen LogP contribution in [-0.4, -0.2) is 19.8 Å². The predicted molar refractivity (Wildman–Crippen MR) is 34.9 cm³/mol. The summed E-state index contributed by atoms with van der Waals surface area (Å²) in [7, 11) is 1.81. The zero-order valence-corrected chi connectivity index (χ0v) is 11.9. The molecule has 0 aromatic rings. The Morgan fingerprint density at radius 2 is 1.56 bits per heavy atom. The Morgan fingerprint density at radius 1 is 1.44 bits per heavy atom. The zero-order chi connectivity index (χ0) is 6.12. The van der Waals surface area contributed by atoms with E-state index in [1.54, 1.807) is 14.0 Å². The fourth-order valence-electron chi connectivity index (χ4n) is 0. The maximum Gasteiger partial charge on any atom is 0 e. The van der Waals surface area contributed by atoms with Gasteiger partial charge < -0.3 is 10.7 Å². The molecule has 0 aliphatic carbocycles. The van der Waals surface area contributed by atoms with Crippen LogP contribution >= 0.6 is 0 Å². The van der Waals surface area contributed by atoms with E-state index in [0.29, 0.717) is 0 Å². The average Bonchev–Trinajstić information content (AvgIpc) is 1.69. The van der Waals surface area contributed by atoms with Crippen LogP contribution in [0, 0.1) is 0 Å². The molecule has 2 nitrogen and oxygen atoms in total. The van der Waals surface area contributed by atoms with Crippen molar-refractivity contribution in [3.63, 3.8) is 0 Å². The second-order valence-corrected chi connectivity index (χ2v) is 0.891. The topological polar surface area (TPSA) is 36.4 Å². The first-order valence-corrected chi connectivity index (χ1v) is 2.31. The van der Waals surface area contributed by atoms with E-state index in [1.807, 2.05) is 6.92 Å². The van der Waals surface area contributed by atoms with Crippen molar-refractivity contribution in [2.45, 2.75) is 13.8 Å². The van der Waals surface area contributed by atoms with Crippen LogP contribution in [0.2, 0.25) is 0 Å². The Balaban J connectivity index is -0.0000000233. The van der Waals surface area contributed by atoms with E-state index < -0.39 is 0 Å². The van der Waals surface area contributed by atoms with E-state index in [2.05, 4.69) is 5.32 Å². The van der Waals surface area contributed by atoms with Crippen molar-refractivity contribution in [1.29, 1.82) is 0 Å². The second kappa shape index (κ2) is 36.0. The Bertz CT molecular complexity index is 32.1. The summed E-state index contributed by atoms with van der Waals surface area (Å²) in [6, 6.07) is 0. The first kappa shape index (κ1) is 22.5. The molecule has 0 rings (SSSR count). The molecular formula is C5H12N2W2-2. The molecule has 0 unspecified atom stereocenters. The second-order valence-electron chi connectivity index (χ2n) is 0.891. The first-order valence-electron chi connectivity index (χ1n) is 2.31. The molecule has 0 bridgehead atoms. The molecule has 0 radical (unpaired) electrons. The van der Waals surface area contributed by atoms with Gasteiger partial charge in [-0.1, -0.05) is 13.8 Å². The van der Waals surface area contributed by atoms with Gasteiger partial charge in [0.25, 0.3) is 0 Å². The quantitative estimate of drug-likeness (QED) is 0.526. The summed E-state index contributed by atoms with van der Waals surface area (Å²) in [6.07, 6.45) is 1.00. The van der Waals surface area contributed by atoms with E-state index >= 15 is 0 Å². The summed E-state index contributed by atoms with van der Waals surface area (Å²) < 4.78 is 0. The summed E-state index contributed by atoms with van der Waals surface area (Å²) in [5, 5.41) is 11.2. The molecule has 0 heterocycles. The monoisotopic (exact) mass is 468 g/mol. The predicted octanol–water partition coefficient (Wildman–Crippen LogP) is 1.65. The first-order chi connectivity index (χ1) is 3.33. The molecular weight excluding hydrogens is 456 g/mol. The molecule has 0 aliphatic heterocycles. The summed E-state index contributed by atoms with van der Waals surface area (Å²) in [4.78, 5) is 0. The Labute approximate surface area is 86.2 Å². The normalized spacial score (nSPS) is 4.78. The molecule has 9 heavy (non-hydrogen) atoms. The minimum Gasteiger partial charge on any atom is -0.814 e. The smallest absolute Gasteiger partial charge is 0 e. The molecule has 4 heteroatoms. The summed E-state index contributed by atoms with van der Waals surface area (Å²) in [5.41, 5.74) is 0. The Hall–Kier alpha value is 1.01. The van der Waals surface area contributed by atoms with E-state index in [0.717, 1.165) is 12.8 Å². The third-order valence-corrected chi connectivity index (χ3v) is 0.316. The SMILES string of the molecule is CC=[N-].CC[N-]C.[W].[W]. The van der Waals surface area contributed by atoms with Crippen LogP contribution in [0.4, 0.5) is 0 Å².